The summed E-state index contributed by atoms with van der Waals surface area (Å²) in [4.78, 5) is 30.3. The molecule has 6 heteroatoms. The fourth-order valence-corrected chi connectivity index (χ4v) is 4.42. The quantitative estimate of drug-likeness (QED) is 0.471. The van der Waals surface area contributed by atoms with Crippen LogP contribution in [0.25, 0.3) is 6.08 Å². The number of carbonyl (C=O) groups excluding carboxylic acids is 2. The van der Waals surface area contributed by atoms with Crippen molar-refractivity contribution < 1.29 is 24.5 Å². The van der Waals surface area contributed by atoms with Gasteiger partial charge in [-0.3, -0.25) is 14.6 Å². The number of allylic oxidation sites excluding steroid dienone is 1. The molecule has 34 heavy (non-hydrogen) atoms. The number of Topliss-reactive ketones (excluding diaryl/α,β-unsaturated/α-hetero) is 1. The number of hydrogen-bond acceptors (Lipinski definition) is 6. The molecule has 1 aromatic heterocycles. The zero-order chi connectivity index (χ0) is 25.5. The maximum absolute atomic E-state index is 13.2. The Kier molecular flexibility index (Phi) is 10.2. The van der Waals surface area contributed by atoms with Gasteiger partial charge in [0.15, 0.2) is 0 Å². The first-order valence-corrected chi connectivity index (χ1v) is 12.3. The number of aliphatic hydroxyl groups excluding tert-OH is 2. The molecule has 2 N–H and O–H groups in total. The van der Waals surface area contributed by atoms with Gasteiger partial charge >= 0.3 is 5.97 Å². The number of aromatic nitrogens is 1. The molecule has 0 aromatic carbocycles. The molecule has 5 atom stereocenters. The number of ether oxygens (including phenoxy) is 1. The largest absolute Gasteiger partial charge is 0.457 e. The molecule has 0 radical (unpaired) electrons. The minimum absolute atomic E-state index is 0.0473. The number of rotatable bonds is 2. The Morgan fingerprint density at radius 1 is 1.21 bits per heavy atom. The lowest BCUT2D eigenvalue weighted by atomic mass is 9.73. The number of esters is 1. The molecule has 1 aliphatic heterocycles. The van der Waals surface area contributed by atoms with Gasteiger partial charge in [-0.15, -0.1) is 0 Å². The van der Waals surface area contributed by atoms with Gasteiger partial charge in [-0.25, -0.2) is 0 Å². The highest BCUT2D eigenvalue weighted by Gasteiger charge is 2.42. The van der Waals surface area contributed by atoms with Crippen molar-refractivity contribution in [3.63, 3.8) is 0 Å². The first-order valence-electron chi connectivity index (χ1n) is 12.3. The zero-order valence-electron chi connectivity index (χ0n) is 21.5. The molecule has 0 amide bonds. The number of cyclic esters (lactones) is 1. The Morgan fingerprint density at radius 2 is 1.91 bits per heavy atom. The molecule has 1 aliphatic rings. The van der Waals surface area contributed by atoms with Crippen molar-refractivity contribution in [1.29, 1.82) is 0 Å². The normalized spacial score (nSPS) is 31.9. The second-order valence-electron chi connectivity index (χ2n) is 10.4. The summed E-state index contributed by atoms with van der Waals surface area (Å²) in [6.07, 6.45) is 5.95. The molecule has 6 nitrogen and oxygen atoms in total. The third-order valence-electron chi connectivity index (χ3n) is 7.09. The van der Waals surface area contributed by atoms with Crippen LogP contribution in [-0.2, 0) is 14.3 Å². The number of ketones is 1. The van der Waals surface area contributed by atoms with E-state index in [2.05, 4.69) is 18.0 Å². The minimum Gasteiger partial charge on any atom is -0.457 e. The predicted octanol–water partition coefficient (Wildman–Crippen LogP) is 4.90. The average molecular weight is 472 g/mol. The number of carbonyl (C=O) groups is 2. The van der Waals surface area contributed by atoms with Gasteiger partial charge in [0.2, 0.25) is 0 Å². The lowest BCUT2D eigenvalue weighted by Crippen LogP contribution is -2.45. The van der Waals surface area contributed by atoms with Crippen molar-refractivity contribution >= 4 is 17.8 Å². The van der Waals surface area contributed by atoms with Crippen LogP contribution in [0.2, 0.25) is 0 Å². The molecule has 0 spiro atoms. The molecule has 0 fully saturated rings. The van der Waals surface area contributed by atoms with Crippen LogP contribution in [-0.4, -0.2) is 45.3 Å². The van der Waals surface area contributed by atoms with Crippen molar-refractivity contribution in [2.75, 3.05) is 0 Å². The summed E-state index contributed by atoms with van der Waals surface area (Å²) in [5.41, 5.74) is 1.62. The van der Waals surface area contributed by atoms with Crippen molar-refractivity contribution in [1.82, 2.24) is 4.98 Å². The number of aliphatic hydroxyl groups is 2. The third kappa shape index (κ3) is 7.60. The molecule has 1 aromatic rings. The molecular formula is C28H41NO5. The van der Waals surface area contributed by atoms with Gasteiger partial charge in [-0.2, -0.15) is 0 Å². The Labute approximate surface area is 204 Å². The lowest BCUT2D eigenvalue weighted by Gasteiger charge is -2.34. The average Bonchev–Trinajstić information content (AvgIpc) is 2.79. The van der Waals surface area contributed by atoms with Crippen LogP contribution in [0.3, 0.4) is 0 Å². The molecule has 188 valence electrons. The predicted molar refractivity (Wildman–Crippen MR) is 134 cm³/mol. The second kappa shape index (κ2) is 12.4. The molecule has 0 bridgehead atoms. The fraction of sp³-hybridized carbons (Fsp3) is 0.607. The van der Waals surface area contributed by atoms with Crippen LogP contribution in [0.4, 0.5) is 0 Å². The van der Waals surface area contributed by atoms with Crippen LogP contribution >= 0.6 is 0 Å². The number of nitrogens with zero attached hydrogens (tertiary/aromatic N) is 1. The first kappa shape index (κ1) is 27.9. The standard InChI is InChI=1S/C28H41NO5/c1-18-10-9-11-19(2)26(32)21(4)27(33)28(5,6)24(30)17-25(31)34-23(14-13-18)20(3)16-22-12-7-8-15-29-22/h7-8,12-13,15-16,19,21,23-24,26,30,32H,9-11,14,17H2,1-6H3/b18-13-,20-16+/t19-,21+,23-,24-,26?/m0/s1. The van der Waals surface area contributed by atoms with Crippen LogP contribution < -0.4 is 0 Å². The molecule has 0 aliphatic carbocycles. The topological polar surface area (TPSA) is 96.7 Å². The van der Waals surface area contributed by atoms with E-state index in [-0.39, 0.29) is 18.1 Å². The summed E-state index contributed by atoms with van der Waals surface area (Å²) in [5.74, 6) is -1.50. The minimum atomic E-state index is -1.22. The Morgan fingerprint density at radius 3 is 2.56 bits per heavy atom. The highest BCUT2D eigenvalue weighted by Crippen LogP contribution is 2.32. The van der Waals surface area contributed by atoms with E-state index in [0.717, 1.165) is 30.5 Å². The monoisotopic (exact) mass is 471 g/mol. The van der Waals surface area contributed by atoms with E-state index in [1.165, 1.54) is 5.57 Å². The number of hydrogen-bond donors (Lipinski definition) is 2. The maximum Gasteiger partial charge on any atom is 0.309 e. The van der Waals surface area contributed by atoms with Gasteiger partial charge in [0.25, 0.3) is 0 Å². The second-order valence-corrected chi connectivity index (χ2v) is 10.4. The molecule has 2 rings (SSSR count). The zero-order valence-corrected chi connectivity index (χ0v) is 21.5. The smallest absolute Gasteiger partial charge is 0.309 e. The van der Waals surface area contributed by atoms with E-state index in [1.54, 1.807) is 27.0 Å². The Balaban J connectivity index is 2.33. The van der Waals surface area contributed by atoms with Crippen molar-refractivity contribution in [2.24, 2.45) is 17.3 Å². The van der Waals surface area contributed by atoms with Gasteiger partial charge in [0.05, 0.1) is 29.7 Å². The van der Waals surface area contributed by atoms with Gasteiger partial charge < -0.3 is 14.9 Å². The van der Waals surface area contributed by atoms with Gasteiger partial charge in [-0.05, 0) is 62.8 Å². The molecule has 1 unspecified atom stereocenters. The summed E-state index contributed by atoms with van der Waals surface area (Å²) in [6.45, 7) is 10.9. The molecule has 0 saturated carbocycles. The van der Waals surface area contributed by atoms with Crippen LogP contribution in [0.15, 0.2) is 41.6 Å². The van der Waals surface area contributed by atoms with Crippen LogP contribution in [0.1, 0.15) is 79.3 Å². The SMILES string of the molecule is C/C1=C/C[C@@H](/C(C)=C/c2ccccn2)OC(=O)C[C@H](O)C(C)(C)C(=O)[C@H](C)C(O)[C@@H](C)CCC1. The summed E-state index contributed by atoms with van der Waals surface area (Å²) in [5, 5.41) is 21.6. The van der Waals surface area contributed by atoms with Gasteiger partial charge in [-0.1, -0.05) is 45.4 Å². The first-order chi connectivity index (χ1) is 15.9. The van der Waals surface area contributed by atoms with Gasteiger partial charge in [0.1, 0.15) is 11.9 Å². The van der Waals surface area contributed by atoms with Crippen molar-refractivity contribution in [3.05, 3.63) is 47.3 Å². The van der Waals surface area contributed by atoms with Crippen LogP contribution in [0, 0.1) is 17.3 Å². The summed E-state index contributed by atoms with van der Waals surface area (Å²) >= 11 is 0. The Hall–Kier alpha value is -2.31. The third-order valence-corrected chi connectivity index (χ3v) is 7.09. The highest BCUT2D eigenvalue weighted by atomic mass is 16.5. The van der Waals surface area contributed by atoms with Crippen LogP contribution in [0.5, 0.6) is 0 Å². The molecule has 0 saturated heterocycles. The fourth-order valence-electron chi connectivity index (χ4n) is 4.42. The maximum atomic E-state index is 13.2. The van der Waals surface area contributed by atoms with Gasteiger partial charge in [0, 0.05) is 18.5 Å². The Bertz CT molecular complexity index is 889. The van der Waals surface area contributed by atoms with Crippen molar-refractivity contribution in [3.8, 4) is 0 Å². The van der Waals surface area contributed by atoms with Crippen molar-refractivity contribution in [2.45, 2.75) is 92.0 Å². The van der Waals surface area contributed by atoms with E-state index >= 15 is 0 Å². The van der Waals surface area contributed by atoms with E-state index < -0.39 is 35.6 Å². The summed E-state index contributed by atoms with van der Waals surface area (Å²) in [6, 6.07) is 5.63. The molecular weight excluding hydrogens is 430 g/mol. The van der Waals surface area contributed by atoms with E-state index in [0.29, 0.717) is 6.42 Å². The summed E-state index contributed by atoms with van der Waals surface area (Å²) < 4.78 is 5.80. The summed E-state index contributed by atoms with van der Waals surface area (Å²) in [7, 11) is 0. The lowest BCUT2D eigenvalue weighted by molar-refractivity contribution is -0.154. The molecule has 2 heterocycles. The number of pyridine rings is 1. The van der Waals surface area contributed by atoms with E-state index in [9.17, 15) is 19.8 Å². The van der Waals surface area contributed by atoms with E-state index in [4.69, 9.17) is 4.74 Å². The van der Waals surface area contributed by atoms with E-state index in [1.807, 2.05) is 38.1 Å². The highest BCUT2D eigenvalue weighted by molar-refractivity contribution is 5.88.